The fraction of sp³-hybridized carbons (Fsp3) is 0.227. The van der Waals surface area contributed by atoms with E-state index in [1.807, 2.05) is 42.5 Å². The number of hydrogen-bond acceptors (Lipinski definition) is 5. The zero-order valence-electron chi connectivity index (χ0n) is 16.1. The van der Waals surface area contributed by atoms with Crippen molar-refractivity contribution in [3.63, 3.8) is 0 Å². The maximum atomic E-state index is 12.3. The van der Waals surface area contributed by atoms with Gasteiger partial charge in [0, 0.05) is 12.6 Å². The molecular weight excluding hydrogens is 352 g/mol. The topological polar surface area (TPSA) is 76.1 Å². The van der Waals surface area contributed by atoms with Crippen LogP contribution in [0.5, 0.6) is 5.75 Å². The molecular formula is C22H24N4O2. The van der Waals surface area contributed by atoms with Crippen LogP contribution >= 0.6 is 0 Å². The van der Waals surface area contributed by atoms with E-state index in [1.54, 1.807) is 19.2 Å². The molecule has 2 aromatic carbocycles. The molecule has 0 aliphatic carbocycles. The van der Waals surface area contributed by atoms with Crippen LogP contribution in [0.25, 0.3) is 0 Å². The van der Waals surface area contributed by atoms with Gasteiger partial charge in [-0.3, -0.25) is 4.79 Å². The maximum absolute atomic E-state index is 12.3. The summed E-state index contributed by atoms with van der Waals surface area (Å²) < 4.78 is 5.21. The van der Waals surface area contributed by atoms with Gasteiger partial charge in [0.1, 0.15) is 11.6 Å². The average molecular weight is 376 g/mol. The highest BCUT2D eigenvalue weighted by molar-refractivity contribution is 5.92. The molecule has 3 rings (SSSR count). The smallest absolute Gasteiger partial charge is 0.271 e. The minimum absolute atomic E-state index is 0.0954. The Kier molecular flexibility index (Phi) is 6.57. The second kappa shape index (κ2) is 9.50. The SMILES string of the molecule is COc1cccc(CCNC(=O)c2ccc(NC(C)c3ccccc3)nn2)c1. The summed E-state index contributed by atoms with van der Waals surface area (Å²) in [6, 6.07) is 21.4. The lowest BCUT2D eigenvalue weighted by Crippen LogP contribution is -2.26. The molecule has 0 saturated carbocycles. The van der Waals surface area contributed by atoms with Crippen LogP contribution in [-0.4, -0.2) is 29.8 Å². The maximum Gasteiger partial charge on any atom is 0.271 e. The number of amides is 1. The number of carbonyl (C=O) groups excluding carboxylic acids is 1. The lowest BCUT2D eigenvalue weighted by molar-refractivity contribution is 0.0948. The summed E-state index contributed by atoms with van der Waals surface area (Å²) in [5.41, 5.74) is 2.55. The highest BCUT2D eigenvalue weighted by Crippen LogP contribution is 2.17. The van der Waals surface area contributed by atoms with Gasteiger partial charge in [-0.1, -0.05) is 42.5 Å². The van der Waals surface area contributed by atoms with Gasteiger partial charge >= 0.3 is 0 Å². The highest BCUT2D eigenvalue weighted by atomic mass is 16.5. The largest absolute Gasteiger partial charge is 0.497 e. The van der Waals surface area contributed by atoms with Crippen molar-refractivity contribution < 1.29 is 9.53 Å². The number of hydrogen-bond donors (Lipinski definition) is 2. The molecule has 2 N–H and O–H groups in total. The van der Waals surface area contributed by atoms with Gasteiger partial charge in [-0.15, -0.1) is 10.2 Å². The van der Waals surface area contributed by atoms with Gasteiger partial charge in [0.15, 0.2) is 5.69 Å². The van der Waals surface area contributed by atoms with Gasteiger partial charge in [-0.05, 0) is 48.7 Å². The number of nitrogens with one attached hydrogen (secondary N) is 2. The van der Waals surface area contributed by atoms with Gasteiger partial charge in [0.2, 0.25) is 0 Å². The molecule has 6 nitrogen and oxygen atoms in total. The minimum Gasteiger partial charge on any atom is -0.497 e. The second-order valence-corrected chi connectivity index (χ2v) is 6.44. The highest BCUT2D eigenvalue weighted by Gasteiger charge is 2.10. The van der Waals surface area contributed by atoms with E-state index in [4.69, 9.17) is 4.74 Å². The van der Waals surface area contributed by atoms with Crippen LogP contribution in [0.2, 0.25) is 0 Å². The Morgan fingerprint density at radius 1 is 1.04 bits per heavy atom. The van der Waals surface area contributed by atoms with Gasteiger partial charge in [-0.2, -0.15) is 0 Å². The van der Waals surface area contributed by atoms with Crippen molar-refractivity contribution in [1.29, 1.82) is 0 Å². The van der Waals surface area contributed by atoms with Crippen LogP contribution < -0.4 is 15.4 Å². The molecule has 1 aromatic heterocycles. The number of rotatable bonds is 8. The lowest BCUT2D eigenvalue weighted by atomic mass is 10.1. The van der Waals surface area contributed by atoms with E-state index in [2.05, 4.69) is 39.9 Å². The Bertz CT molecular complexity index is 898. The molecule has 1 atom stereocenters. The molecule has 6 heteroatoms. The van der Waals surface area contributed by atoms with Crippen LogP contribution in [0.4, 0.5) is 5.82 Å². The van der Waals surface area contributed by atoms with E-state index in [0.717, 1.165) is 16.9 Å². The van der Waals surface area contributed by atoms with Crippen LogP contribution in [0, 0.1) is 0 Å². The van der Waals surface area contributed by atoms with E-state index in [-0.39, 0.29) is 11.9 Å². The molecule has 1 amide bonds. The molecule has 0 aliphatic heterocycles. The Morgan fingerprint density at radius 2 is 1.86 bits per heavy atom. The van der Waals surface area contributed by atoms with Crippen LogP contribution in [0.15, 0.2) is 66.7 Å². The molecule has 0 radical (unpaired) electrons. The Hall–Kier alpha value is -3.41. The van der Waals surface area contributed by atoms with Gasteiger partial charge in [0.25, 0.3) is 5.91 Å². The van der Waals surface area contributed by atoms with E-state index < -0.39 is 0 Å². The van der Waals surface area contributed by atoms with Crippen molar-refractivity contribution >= 4 is 11.7 Å². The molecule has 0 spiro atoms. The molecule has 0 saturated heterocycles. The third-order valence-electron chi connectivity index (χ3n) is 4.39. The van der Waals surface area contributed by atoms with Gasteiger partial charge in [-0.25, -0.2) is 0 Å². The molecule has 0 bridgehead atoms. The van der Waals surface area contributed by atoms with Crippen molar-refractivity contribution in [2.24, 2.45) is 0 Å². The molecule has 28 heavy (non-hydrogen) atoms. The van der Waals surface area contributed by atoms with E-state index in [1.165, 1.54) is 0 Å². The van der Waals surface area contributed by atoms with Gasteiger partial charge < -0.3 is 15.4 Å². The van der Waals surface area contributed by atoms with Gasteiger partial charge in [0.05, 0.1) is 7.11 Å². The summed E-state index contributed by atoms with van der Waals surface area (Å²) in [5.74, 6) is 1.20. The Balaban J connectivity index is 1.50. The molecule has 0 aliphatic rings. The quantitative estimate of drug-likeness (QED) is 0.628. The number of nitrogens with zero attached hydrogens (tertiary/aromatic N) is 2. The molecule has 1 heterocycles. The van der Waals surface area contributed by atoms with Crippen molar-refractivity contribution in [1.82, 2.24) is 15.5 Å². The first kappa shape index (κ1) is 19.4. The van der Waals surface area contributed by atoms with Crippen LogP contribution in [0.3, 0.4) is 0 Å². The number of methoxy groups -OCH3 is 1. The average Bonchev–Trinajstić information content (AvgIpc) is 2.75. The van der Waals surface area contributed by atoms with E-state index in [9.17, 15) is 4.79 Å². The number of ether oxygens (including phenoxy) is 1. The Morgan fingerprint density at radius 3 is 2.57 bits per heavy atom. The molecule has 1 unspecified atom stereocenters. The number of anilines is 1. The standard InChI is InChI=1S/C22H24N4O2/c1-16(18-8-4-3-5-9-18)24-21-12-11-20(25-26-21)22(27)23-14-13-17-7-6-10-19(15-17)28-2/h3-12,15-16H,13-14H2,1-2H3,(H,23,27)(H,24,26). The zero-order valence-corrected chi connectivity index (χ0v) is 16.1. The fourth-order valence-corrected chi connectivity index (χ4v) is 2.82. The minimum atomic E-state index is -0.238. The summed E-state index contributed by atoms with van der Waals surface area (Å²) in [4.78, 5) is 12.3. The first-order chi connectivity index (χ1) is 13.7. The third-order valence-corrected chi connectivity index (χ3v) is 4.39. The summed E-state index contributed by atoms with van der Waals surface area (Å²) in [7, 11) is 1.64. The fourth-order valence-electron chi connectivity index (χ4n) is 2.82. The molecule has 144 valence electrons. The zero-order chi connectivity index (χ0) is 19.8. The van der Waals surface area contributed by atoms with E-state index in [0.29, 0.717) is 24.5 Å². The van der Waals surface area contributed by atoms with Crippen molar-refractivity contribution in [3.05, 3.63) is 83.6 Å². The second-order valence-electron chi connectivity index (χ2n) is 6.44. The van der Waals surface area contributed by atoms with Crippen molar-refractivity contribution in [3.8, 4) is 5.75 Å². The first-order valence-electron chi connectivity index (χ1n) is 9.22. The third kappa shape index (κ3) is 5.30. The normalized spacial score (nSPS) is 11.5. The summed E-state index contributed by atoms with van der Waals surface area (Å²) in [6.07, 6.45) is 0.713. The number of aromatic nitrogens is 2. The molecule has 3 aromatic rings. The Labute approximate surface area is 165 Å². The predicted molar refractivity (Wildman–Crippen MR) is 110 cm³/mol. The van der Waals surface area contributed by atoms with Crippen molar-refractivity contribution in [2.75, 3.05) is 19.0 Å². The molecule has 0 fully saturated rings. The van der Waals surface area contributed by atoms with Crippen molar-refractivity contribution in [2.45, 2.75) is 19.4 Å². The van der Waals surface area contributed by atoms with Crippen LogP contribution in [-0.2, 0) is 6.42 Å². The number of carbonyl (C=O) groups is 1. The first-order valence-corrected chi connectivity index (χ1v) is 9.22. The summed E-state index contributed by atoms with van der Waals surface area (Å²) >= 11 is 0. The van der Waals surface area contributed by atoms with E-state index >= 15 is 0 Å². The monoisotopic (exact) mass is 376 g/mol. The summed E-state index contributed by atoms with van der Waals surface area (Å²) in [6.45, 7) is 2.56. The van der Waals surface area contributed by atoms with Crippen LogP contribution in [0.1, 0.15) is 34.6 Å². The predicted octanol–water partition coefficient (Wildman–Crippen LogP) is 3.63. The number of benzene rings is 2. The summed E-state index contributed by atoms with van der Waals surface area (Å²) in [5, 5.41) is 14.3. The lowest BCUT2D eigenvalue weighted by Gasteiger charge is -2.14.